The van der Waals surface area contributed by atoms with Gasteiger partial charge in [-0.15, -0.1) is 0 Å². The van der Waals surface area contributed by atoms with E-state index in [-0.39, 0.29) is 11.7 Å². The van der Waals surface area contributed by atoms with Crippen LogP contribution in [0.4, 0.5) is 18.9 Å². The number of aromatic nitrogens is 2. The average Bonchev–Trinajstić information content (AvgIpc) is 3.00. The van der Waals surface area contributed by atoms with Gasteiger partial charge in [0.15, 0.2) is 23.1 Å². The molecule has 2 heterocycles. The number of benzene rings is 1. The smallest absolute Gasteiger partial charge is 0.202 e. The fourth-order valence-electron chi connectivity index (χ4n) is 2.52. The Morgan fingerprint density at radius 2 is 2.12 bits per heavy atom. The number of nitrogens with one attached hydrogen (secondary N) is 2. The number of guanidine groups is 1. The minimum atomic E-state index is -1.98. The van der Waals surface area contributed by atoms with E-state index in [1.807, 2.05) is 0 Å². The molecule has 0 fully saturated rings. The lowest BCUT2D eigenvalue weighted by atomic mass is 9.98. The molecular weight excluding hydrogens is 349 g/mol. The second-order valence-corrected chi connectivity index (χ2v) is 5.77. The van der Waals surface area contributed by atoms with Gasteiger partial charge in [0.1, 0.15) is 5.82 Å². The van der Waals surface area contributed by atoms with Gasteiger partial charge in [0.25, 0.3) is 0 Å². The number of hydrogen-bond acceptors (Lipinski definition) is 6. The molecule has 0 aliphatic carbocycles. The minimum absolute atomic E-state index is 0.116. The van der Waals surface area contributed by atoms with E-state index < -0.39 is 35.1 Å². The highest BCUT2D eigenvalue weighted by Crippen LogP contribution is 2.30. The maximum atomic E-state index is 14.4. The molecule has 1 aromatic heterocycles. The Hall–Kier alpha value is -3.01. The molecule has 4 N–H and O–H groups in total. The normalized spacial score (nSPS) is 19.5. The van der Waals surface area contributed by atoms with E-state index in [0.29, 0.717) is 5.69 Å². The van der Waals surface area contributed by atoms with Crippen molar-refractivity contribution in [1.82, 2.24) is 15.1 Å². The predicted molar refractivity (Wildman–Crippen MR) is 90.1 cm³/mol. The molecule has 0 radical (unpaired) electrons. The summed E-state index contributed by atoms with van der Waals surface area (Å²) in [5.41, 5.74) is 4.19. The van der Waals surface area contributed by atoms with Crippen molar-refractivity contribution >= 4 is 11.6 Å². The van der Waals surface area contributed by atoms with Crippen LogP contribution in [0, 0.1) is 11.6 Å². The molecule has 26 heavy (non-hydrogen) atoms. The Labute approximate surface area is 147 Å². The average molecular weight is 366 g/mol. The van der Waals surface area contributed by atoms with E-state index >= 15 is 0 Å². The molecule has 1 aliphatic heterocycles. The van der Waals surface area contributed by atoms with Crippen LogP contribution in [0.3, 0.4) is 0 Å². The Morgan fingerprint density at radius 3 is 2.77 bits per heavy atom. The summed E-state index contributed by atoms with van der Waals surface area (Å²) in [6.45, 7) is 0. The van der Waals surface area contributed by atoms with E-state index in [2.05, 4.69) is 20.7 Å². The highest BCUT2D eigenvalue weighted by molar-refractivity contribution is 5.95. The number of ether oxygens (including phenoxy) is 1. The van der Waals surface area contributed by atoms with Crippen molar-refractivity contribution in [3.05, 3.63) is 53.8 Å². The third-order valence-corrected chi connectivity index (χ3v) is 3.84. The molecule has 0 bridgehead atoms. The summed E-state index contributed by atoms with van der Waals surface area (Å²) < 4.78 is 49.2. The summed E-state index contributed by atoms with van der Waals surface area (Å²) in [6, 6.07) is 2.17. The summed E-state index contributed by atoms with van der Waals surface area (Å²) in [6.07, 6.45) is 3.64. The zero-order chi connectivity index (χ0) is 18.9. The number of aliphatic imine (C=N–C) groups is 1. The molecule has 3 rings (SSSR count). The number of nitrogens with two attached hydrogens (primary N) is 1. The molecule has 1 aliphatic rings. The van der Waals surface area contributed by atoms with Crippen molar-refractivity contribution in [2.24, 2.45) is 17.8 Å². The van der Waals surface area contributed by atoms with E-state index in [4.69, 9.17) is 10.5 Å². The summed E-state index contributed by atoms with van der Waals surface area (Å²) in [4.78, 5) is 4.05. The standard InChI is InChI=1S/C16H17F3N6O/c1-25-8-9(6-22-25)23-15-21-7-13(18)16(20,24-15)5-10-11(17)3-4-12(26-2)14(10)19/h3-4,6-8H,5,20H2,1-2H3,(H2,21,23,24). The molecule has 0 amide bonds. The highest BCUT2D eigenvalue weighted by atomic mass is 19.1. The Bertz CT molecular complexity index is 894. The molecule has 1 aromatic carbocycles. The predicted octanol–water partition coefficient (Wildman–Crippen LogP) is 1.79. The minimum Gasteiger partial charge on any atom is -0.494 e. The van der Waals surface area contributed by atoms with Gasteiger partial charge in [-0.1, -0.05) is 0 Å². The number of aryl methyl sites for hydroxylation is 1. The van der Waals surface area contributed by atoms with Crippen molar-refractivity contribution < 1.29 is 17.9 Å². The first-order valence-electron chi connectivity index (χ1n) is 7.60. The molecule has 2 aromatic rings. The van der Waals surface area contributed by atoms with Crippen LogP contribution in [-0.2, 0) is 13.5 Å². The number of anilines is 1. The van der Waals surface area contributed by atoms with Crippen LogP contribution >= 0.6 is 0 Å². The quantitative estimate of drug-likeness (QED) is 0.768. The van der Waals surface area contributed by atoms with E-state index in [9.17, 15) is 13.2 Å². The molecular formula is C16H17F3N6O. The number of nitrogens with zero attached hydrogens (tertiary/aromatic N) is 3. The zero-order valence-electron chi connectivity index (χ0n) is 14.1. The van der Waals surface area contributed by atoms with Gasteiger partial charge < -0.3 is 21.1 Å². The van der Waals surface area contributed by atoms with Gasteiger partial charge in [-0.05, 0) is 12.1 Å². The molecule has 0 saturated heterocycles. The number of rotatable bonds is 4. The summed E-state index contributed by atoms with van der Waals surface area (Å²) >= 11 is 0. The lowest BCUT2D eigenvalue weighted by molar-refractivity contribution is 0.363. The van der Waals surface area contributed by atoms with Crippen LogP contribution in [0.25, 0.3) is 0 Å². The third kappa shape index (κ3) is 3.36. The van der Waals surface area contributed by atoms with Crippen LogP contribution in [0.5, 0.6) is 5.75 Å². The zero-order valence-corrected chi connectivity index (χ0v) is 14.1. The monoisotopic (exact) mass is 366 g/mol. The molecule has 1 unspecified atom stereocenters. The topological polar surface area (TPSA) is 89.5 Å². The number of halogens is 3. The van der Waals surface area contributed by atoms with Gasteiger partial charge >= 0.3 is 0 Å². The van der Waals surface area contributed by atoms with E-state index in [1.54, 1.807) is 17.9 Å². The maximum Gasteiger partial charge on any atom is 0.202 e. The van der Waals surface area contributed by atoms with E-state index in [0.717, 1.165) is 18.3 Å². The maximum absolute atomic E-state index is 14.4. The Balaban J connectivity index is 1.91. The second-order valence-electron chi connectivity index (χ2n) is 5.77. The Kier molecular flexibility index (Phi) is 4.60. The molecule has 0 spiro atoms. The van der Waals surface area contributed by atoms with Gasteiger partial charge in [-0.2, -0.15) is 5.10 Å². The molecule has 10 heteroatoms. The first kappa shape index (κ1) is 17.8. The SMILES string of the molecule is COc1ccc(F)c(CC2(N)N=C(Nc3cnn(C)c3)NC=C2F)c1F. The summed E-state index contributed by atoms with van der Waals surface area (Å²) in [7, 11) is 2.97. The lowest BCUT2D eigenvalue weighted by Gasteiger charge is -2.29. The van der Waals surface area contributed by atoms with Gasteiger partial charge in [0.2, 0.25) is 5.96 Å². The highest BCUT2D eigenvalue weighted by Gasteiger charge is 2.36. The Morgan fingerprint density at radius 1 is 1.35 bits per heavy atom. The lowest BCUT2D eigenvalue weighted by Crippen LogP contribution is -2.48. The fraction of sp³-hybridized carbons (Fsp3) is 0.250. The number of methoxy groups -OCH3 is 1. The first-order chi connectivity index (χ1) is 12.3. The van der Waals surface area contributed by atoms with Crippen LogP contribution in [0.15, 0.2) is 41.5 Å². The van der Waals surface area contributed by atoms with E-state index in [1.165, 1.54) is 13.3 Å². The van der Waals surface area contributed by atoms with Gasteiger partial charge in [0, 0.05) is 31.4 Å². The van der Waals surface area contributed by atoms with Crippen LogP contribution in [-0.4, -0.2) is 28.5 Å². The second kappa shape index (κ2) is 6.71. The van der Waals surface area contributed by atoms with Crippen molar-refractivity contribution in [2.45, 2.75) is 12.1 Å². The molecule has 0 saturated carbocycles. The van der Waals surface area contributed by atoms with Crippen LogP contribution in [0.2, 0.25) is 0 Å². The molecule has 1 atom stereocenters. The third-order valence-electron chi connectivity index (χ3n) is 3.84. The number of hydrogen-bond donors (Lipinski definition) is 3. The fourth-order valence-corrected chi connectivity index (χ4v) is 2.52. The summed E-state index contributed by atoms with van der Waals surface area (Å²) in [5, 5.41) is 9.44. The first-order valence-corrected chi connectivity index (χ1v) is 7.60. The van der Waals surface area contributed by atoms with Gasteiger partial charge in [-0.25, -0.2) is 18.2 Å². The largest absolute Gasteiger partial charge is 0.494 e. The van der Waals surface area contributed by atoms with Crippen molar-refractivity contribution in [3.63, 3.8) is 0 Å². The van der Waals surface area contributed by atoms with Crippen LogP contribution in [0.1, 0.15) is 5.56 Å². The van der Waals surface area contributed by atoms with Crippen molar-refractivity contribution in [1.29, 1.82) is 0 Å². The van der Waals surface area contributed by atoms with Gasteiger partial charge in [-0.3, -0.25) is 4.68 Å². The van der Waals surface area contributed by atoms with Crippen molar-refractivity contribution in [2.75, 3.05) is 12.4 Å². The molecule has 138 valence electrons. The van der Waals surface area contributed by atoms with Gasteiger partial charge in [0.05, 0.1) is 19.0 Å². The molecule has 7 nitrogen and oxygen atoms in total. The summed E-state index contributed by atoms with van der Waals surface area (Å²) in [5.74, 6) is -2.72. The van der Waals surface area contributed by atoms with Crippen LogP contribution < -0.4 is 21.1 Å². The van der Waals surface area contributed by atoms with Crippen molar-refractivity contribution in [3.8, 4) is 5.75 Å².